The van der Waals surface area contributed by atoms with Gasteiger partial charge in [-0.2, -0.15) is 0 Å². The standard InChI is InChI=1S/C15H14ClN3S/c1-19(8-13-9-20-10-17-13)15-12(7-16)6-11-4-2-3-5-14(11)18-15/h2-6,9-10H,7-8H2,1H3. The van der Waals surface area contributed by atoms with Crippen molar-refractivity contribution >= 4 is 39.7 Å². The van der Waals surface area contributed by atoms with Crippen LogP contribution in [-0.4, -0.2) is 17.0 Å². The van der Waals surface area contributed by atoms with Crippen LogP contribution in [0.15, 0.2) is 41.2 Å². The molecule has 0 aliphatic heterocycles. The molecular weight excluding hydrogens is 290 g/mol. The van der Waals surface area contributed by atoms with Crippen molar-refractivity contribution in [1.82, 2.24) is 9.97 Å². The fourth-order valence-electron chi connectivity index (χ4n) is 2.21. The molecule has 0 atom stereocenters. The summed E-state index contributed by atoms with van der Waals surface area (Å²) < 4.78 is 0. The first-order valence-corrected chi connectivity index (χ1v) is 7.78. The number of benzene rings is 1. The first-order valence-electron chi connectivity index (χ1n) is 6.31. The molecule has 0 radical (unpaired) electrons. The molecular formula is C15H14ClN3S. The van der Waals surface area contributed by atoms with Gasteiger partial charge in [0.25, 0.3) is 0 Å². The van der Waals surface area contributed by atoms with E-state index < -0.39 is 0 Å². The first-order chi connectivity index (χ1) is 9.78. The van der Waals surface area contributed by atoms with Crippen molar-refractivity contribution in [2.75, 3.05) is 11.9 Å². The molecule has 0 saturated heterocycles. The highest BCUT2D eigenvalue weighted by Crippen LogP contribution is 2.25. The minimum Gasteiger partial charge on any atom is -0.353 e. The molecule has 0 fully saturated rings. The molecule has 5 heteroatoms. The number of nitrogens with zero attached hydrogens (tertiary/aromatic N) is 3. The summed E-state index contributed by atoms with van der Waals surface area (Å²) in [4.78, 5) is 11.2. The Morgan fingerprint density at radius 2 is 2.15 bits per heavy atom. The molecule has 20 heavy (non-hydrogen) atoms. The third-order valence-corrected chi connectivity index (χ3v) is 4.09. The van der Waals surface area contributed by atoms with Gasteiger partial charge >= 0.3 is 0 Å². The summed E-state index contributed by atoms with van der Waals surface area (Å²) in [6.45, 7) is 0.735. The average Bonchev–Trinajstić information content (AvgIpc) is 2.98. The van der Waals surface area contributed by atoms with Gasteiger partial charge in [-0.25, -0.2) is 9.97 Å². The Hall–Kier alpha value is -1.65. The molecule has 0 saturated carbocycles. The number of halogens is 1. The van der Waals surface area contributed by atoms with Crippen LogP contribution in [0, 0.1) is 0 Å². The summed E-state index contributed by atoms with van der Waals surface area (Å²) in [5.74, 6) is 1.38. The largest absolute Gasteiger partial charge is 0.353 e. The van der Waals surface area contributed by atoms with Gasteiger partial charge in [-0.05, 0) is 12.1 Å². The van der Waals surface area contributed by atoms with Gasteiger partial charge < -0.3 is 4.90 Å². The average molecular weight is 304 g/mol. The number of hydrogen-bond donors (Lipinski definition) is 0. The van der Waals surface area contributed by atoms with E-state index in [1.54, 1.807) is 11.3 Å². The van der Waals surface area contributed by atoms with Crippen LogP contribution in [-0.2, 0) is 12.4 Å². The van der Waals surface area contributed by atoms with Gasteiger partial charge in [-0.3, -0.25) is 0 Å². The highest BCUT2D eigenvalue weighted by Gasteiger charge is 2.11. The van der Waals surface area contributed by atoms with Crippen molar-refractivity contribution in [3.05, 3.63) is 52.5 Å². The molecule has 0 aliphatic carbocycles. The van der Waals surface area contributed by atoms with E-state index in [-0.39, 0.29) is 0 Å². The van der Waals surface area contributed by atoms with Crippen LogP contribution in [0.5, 0.6) is 0 Å². The van der Waals surface area contributed by atoms with E-state index in [2.05, 4.69) is 27.4 Å². The lowest BCUT2D eigenvalue weighted by Crippen LogP contribution is -2.19. The number of alkyl halides is 1. The Kier molecular flexibility index (Phi) is 3.85. The molecule has 0 aliphatic rings. The van der Waals surface area contributed by atoms with Gasteiger partial charge in [0, 0.05) is 23.4 Å². The predicted octanol–water partition coefficient (Wildman–Crippen LogP) is 4.07. The monoisotopic (exact) mass is 303 g/mol. The number of pyridine rings is 1. The molecule has 3 nitrogen and oxygen atoms in total. The van der Waals surface area contributed by atoms with Gasteiger partial charge in [-0.15, -0.1) is 22.9 Å². The SMILES string of the molecule is CN(Cc1cscn1)c1nc2ccccc2cc1CCl. The molecule has 0 spiro atoms. The fourth-order valence-corrected chi connectivity index (χ4v) is 2.96. The van der Waals surface area contributed by atoms with Crippen LogP contribution in [0.4, 0.5) is 5.82 Å². The van der Waals surface area contributed by atoms with Crippen LogP contribution in [0.25, 0.3) is 10.9 Å². The van der Waals surface area contributed by atoms with Gasteiger partial charge in [0.05, 0.1) is 29.1 Å². The van der Waals surface area contributed by atoms with Crippen LogP contribution in [0.2, 0.25) is 0 Å². The molecule has 0 unspecified atom stereocenters. The van der Waals surface area contributed by atoms with E-state index >= 15 is 0 Å². The van der Waals surface area contributed by atoms with Gasteiger partial charge in [0.1, 0.15) is 5.82 Å². The second kappa shape index (κ2) is 5.77. The van der Waals surface area contributed by atoms with Gasteiger partial charge in [0.15, 0.2) is 0 Å². The Bertz CT molecular complexity index is 712. The van der Waals surface area contributed by atoms with Crippen molar-refractivity contribution in [3.63, 3.8) is 0 Å². The van der Waals surface area contributed by atoms with Crippen molar-refractivity contribution in [2.24, 2.45) is 0 Å². The van der Waals surface area contributed by atoms with Crippen molar-refractivity contribution in [3.8, 4) is 0 Å². The van der Waals surface area contributed by atoms with Crippen LogP contribution < -0.4 is 4.90 Å². The maximum Gasteiger partial charge on any atom is 0.133 e. The summed E-state index contributed by atoms with van der Waals surface area (Å²) in [6, 6.07) is 10.2. The highest BCUT2D eigenvalue weighted by molar-refractivity contribution is 7.07. The molecule has 2 aromatic heterocycles. The van der Waals surface area contributed by atoms with Crippen LogP contribution in [0.3, 0.4) is 0 Å². The smallest absolute Gasteiger partial charge is 0.133 e. The minimum atomic E-state index is 0.453. The molecule has 0 N–H and O–H groups in total. The number of anilines is 1. The number of para-hydroxylation sites is 1. The van der Waals surface area contributed by atoms with Gasteiger partial charge in [0.2, 0.25) is 0 Å². The van der Waals surface area contributed by atoms with Gasteiger partial charge in [-0.1, -0.05) is 18.2 Å². The normalized spacial score (nSPS) is 10.9. The molecule has 102 valence electrons. The second-order valence-electron chi connectivity index (χ2n) is 4.63. The fraction of sp³-hybridized carbons (Fsp3) is 0.200. The summed E-state index contributed by atoms with van der Waals surface area (Å²) in [5.41, 5.74) is 4.93. The predicted molar refractivity (Wildman–Crippen MR) is 85.5 cm³/mol. The Labute approximate surface area is 126 Å². The van der Waals surface area contributed by atoms with E-state index in [1.165, 1.54) is 0 Å². The van der Waals surface area contributed by atoms with E-state index in [4.69, 9.17) is 16.6 Å². The van der Waals surface area contributed by atoms with Crippen molar-refractivity contribution in [2.45, 2.75) is 12.4 Å². The highest BCUT2D eigenvalue weighted by atomic mass is 35.5. The maximum atomic E-state index is 6.08. The zero-order valence-electron chi connectivity index (χ0n) is 11.1. The van der Waals surface area contributed by atoms with E-state index in [0.29, 0.717) is 5.88 Å². The molecule has 3 aromatic rings. The van der Waals surface area contributed by atoms with Crippen LogP contribution >= 0.6 is 22.9 Å². The van der Waals surface area contributed by atoms with Crippen molar-refractivity contribution < 1.29 is 0 Å². The first kappa shape index (κ1) is 13.3. The number of fused-ring (bicyclic) bond motifs is 1. The third-order valence-electron chi connectivity index (χ3n) is 3.17. The summed E-state index contributed by atoms with van der Waals surface area (Å²) in [7, 11) is 2.02. The number of rotatable bonds is 4. The van der Waals surface area contributed by atoms with Crippen molar-refractivity contribution in [1.29, 1.82) is 0 Å². The quantitative estimate of drug-likeness (QED) is 0.680. The molecule has 3 rings (SSSR count). The minimum absolute atomic E-state index is 0.453. The van der Waals surface area contributed by atoms with E-state index in [0.717, 1.165) is 34.5 Å². The molecule has 0 bridgehead atoms. The lowest BCUT2D eigenvalue weighted by molar-refractivity contribution is 0.871. The number of thiazole rings is 1. The zero-order chi connectivity index (χ0) is 13.9. The lowest BCUT2D eigenvalue weighted by atomic mass is 10.1. The number of hydrogen-bond acceptors (Lipinski definition) is 4. The van der Waals surface area contributed by atoms with E-state index in [1.807, 2.05) is 30.8 Å². The number of aromatic nitrogens is 2. The summed E-state index contributed by atoms with van der Waals surface area (Å²) in [5, 5.41) is 3.17. The van der Waals surface area contributed by atoms with E-state index in [9.17, 15) is 0 Å². The zero-order valence-corrected chi connectivity index (χ0v) is 12.7. The topological polar surface area (TPSA) is 29.0 Å². The maximum absolute atomic E-state index is 6.08. The second-order valence-corrected chi connectivity index (χ2v) is 5.62. The third kappa shape index (κ3) is 2.62. The Morgan fingerprint density at radius 1 is 1.30 bits per heavy atom. The molecule has 0 amide bonds. The summed E-state index contributed by atoms with van der Waals surface area (Å²) >= 11 is 7.68. The lowest BCUT2D eigenvalue weighted by Gasteiger charge is -2.20. The molecule has 2 heterocycles. The van der Waals surface area contributed by atoms with Crippen LogP contribution in [0.1, 0.15) is 11.3 Å². The Morgan fingerprint density at radius 3 is 2.90 bits per heavy atom. The Balaban J connectivity index is 2.00. The molecule has 1 aromatic carbocycles. The summed E-state index contributed by atoms with van der Waals surface area (Å²) in [6.07, 6.45) is 0.